The molecule has 2 N–H and O–H groups in total. The largest absolute Gasteiger partial charge is 0.444 e. The zero-order chi connectivity index (χ0) is 29.1. The highest BCUT2D eigenvalue weighted by Gasteiger charge is 2.27. The summed E-state index contributed by atoms with van der Waals surface area (Å²) in [6.07, 6.45) is 3.86. The highest BCUT2D eigenvalue weighted by molar-refractivity contribution is 5.94. The maximum absolute atomic E-state index is 12.8. The summed E-state index contributed by atoms with van der Waals surface area (Å²) in [5, 5.41) is 13.5. The summed E-state index contributed by atoms with van der Waals surface area (Å²) >= 11 is 0. The maximum Gasteiger partial charge on any atom is 0.410 e. The molecule has 0 bridgehead atoms. The number of rotatable bonds is 7. The summed E-state index contributed by atoms with van der Waals surface area (Å²) in [5.41, 5.74) is 3.41. The third kappa shape index (κ3) is 7.32. The Balaban J connectivity index is 1.30. The quantitative estimate of drug-likeness (QED) is 0.398. The lowest BCUT2D eigenvalue weighted by molar-refractivity contribution is 0.0139. The SMILES string of the molecule is CC(C)(C)OC(=O)N1CCN(Cc2ccc(-c3cn(C4CCC(O)CC4)c4nc(NCC(F)F)ncc34)cc2)CC1. The number of benzene rings is 1. The van der Waals surface area contributed by atoms with Crippen LogP contribution < -0.4 is 5.32 Å². The lowest BCUT2D eigenvalue weighted by atomic mass is 9.93. The average Bonchev–Trinajstić information content (AvgIpc) is 3.31. The van der Waals surface area contributed by atoms with Crippen LogP contribution in [-0.2, 0) is 11.3 Å². The summed E-state index contributed by atoms with van der Waals surface area (Å²) < 4.78 is 33.2. The number of halogens is 2. The van der Waals surface area contributed by atoms with Gasteiger partial charge in [-0.1, -0.05) is 24.3 Å². The first kappa shape index (κ1) is 29.2. The fourth-order valence-corrected chi connectivity index (χ4v) is 5.59. The van der Waals surface area contributed by atoms with Gasteiger partial charge in [-0.05, 0) is 57.6 Å². The van der Waals surface area contributed by atoms with Crippen molar-refractivity contribution in [2.45, 2.75) is 77.2 Å². The van der Waals surface area contributed by atoms with Gasteiger partial charge in [-0.2, -0.15) is 4.98 Å². The molecule has 9 nitrogen and oxygen atoms in total. The molecular weight excluding hydrogens is 530 g/mol. The minimum Gasteiger partial charge on any atom is -0.444 e. The maximum atomic E-state index is 12.8. The van der Waals surface area contributed by atoms with E-state index in [0.717, 1.165) is 61.8 Å². The first-order chi connectivity index (χ1) is 19.6. The fourth-order valence-electron chi connectivity index (χ4n) is 5.59. The van der Waals surface area contributed by atoms with E-state index in [1.165, 1.54) is 5.56 Å². The predicted molar refractivity (Wildman–Crippen MR) is 154 cm³/mol. The Bertz CT molecular complexity index is 1320. The second kappa shape index (κ2) is 12.3. The number of aromatic nitrogens is 3. The van der Waals surface area contributed by atoms with Crippen LogP contribution in [0.5, 0.6) is 0 Å². The lowest BCUT2D eigenvalue weighted by Gasteiger charge is -2.35. The zero-order valence-corrected chi connectivity index (χ0v) is 24.0. The summed E-state index contributed by atoms with van der Waals surface area (Å²) in [6.45, 7) is 8.75. The number of aliphatic hydroxyl groups is 1. The Morgan fingerprint density at radius 1 is 1.10 bits per heavy atom. The molecule has 41 heavy (non-hydrogen) atoms. The van der Waals surface area contributed by atoms with E-state index >= 15 is 0 Å². The van der Waals surface area contributed by atoms with Gasteiger partial charge in [0.1, 0.15) is 11.2 Å². The molecule has 1 amide bonds. The number of hydrogen-bond acceptors (Lipinski definition) is 7. The molecule has 0 radical (unpaired) electrons. The molecular formula is C30H40F2N6O3. The summed E-state index contributed by atoms with van der Waals surface area (Å²) in [7, 11) is 0. The average molecular weight is 571 g/mol. The number of hydrogen-bond donors (Lipinski definition) is 2. The van der Waals surface area contributed by atoms with Gasteiger partial charge in [0, 0.05) is 62.1 Å². The molecule has 0 unspecified atom stereocenters. The summed E-state index contributed by atoms with van der Waals surface area (Å²) in [5.74, 6) is 0.182. The van der Waals surface area contributed by atoms with Crippen molar-refractivity contribution in [3.8, 4) is 11.1 Å². The van der Waals surface area contributed by atoms with E-state index in [9.17, 15) is 18.7 Å². The van der Waals surface area contributed by atoms with Crippen molar-refractivity contribution in [3.63, 3.8) is 0 Å². The van der Waals surface area contributed by atoms with Gasteiger partial charge in [-0.15, -0.1) is 0 Å². The molecule has 3 heterocycles. The van der Waals surface area contributed by atoms with Crippen LogP contribution in [0.3, 0.4) is 0 Å². The minimum atomic E-state index is -2.50. The lowest BCUT2D eigenvalue weighted by Crippen LogP contribution is -2.49. The number of alkyl halides is 2. The van der Waals surface area contributed by atoms with Gasteiger partial charge in [-0.25, -0.2) is 18.6 Å². The van der Waals surface area contributed by atoms with Crippen molar-refractivity contribution in [3.05, 3.63) is 42.2 Å². The van der Waals surface area contributed by atoms with Crippen molar-refractivity contribution in [2.24, 2.45) is 0 Å². The number of nitrogens with zero attached hydrogens (tertiary/aromatic N) is 5. The van der Waals surface area contributed by atoms with Crippen LogP contribution in [0.25, 0.3) is 22.2 Å². The summed E-state index contributed by atoms with van der Waals surface area (Å²) in [6, 6.07) is 8.61. The van der Waals surface area contributed by atoms with Crippen LogP contribution in [0.1, 0.15) is 58.1 Å². The molecule has 222 valence electrons. The van der Waals surface area contributed by atoms with Crippen LogP contribution in [0.15, 0.2) is 36.7 Å². The number of fused-ring (bicyclic) bond motifs is 1. The molecule has 3 aromatic rings. The van der Waals surface area contributed by atoms with E-state index < -0.39 is 18.6 Å². The highest BCUT2D eigenvalue weighted by Crippen LogP contribution is 2.37. The van der Waals surface area contributed by atoms with E-state index in [0.29, 0.717) is 18.7 Å². The standard InChI is InChI=1S/C30H40F2N6O3/c1-30(2,3)41-29(40)37-14-12-36(13-15-37)18-20-4-6-21(7-5-20)25-19-38(22-8-10-23(39)11-9-22)27-24(25)16-33-28(35-27)34-17-26(31)32/h4-7,16,19,22-23,26,39H,8-15,17-18H2,1-3H3,(H,33,34,35). The minimum absolute atomic E-state index is 0.172. The van der Waals surface area contributed by atoms with Crippen LogP contribution in [0, 0.1) is 0 Å². The Morgan fingerprint density at radius 3 is 2.41 bits per heavy atom. The monoisotopic (exact) mass is 570 g/mol. The molecule has 1 aliphatic heterocycles. The molecule has 1 saturated heterocycles. The normalized spacial score (nSPS) is 20.5. The zero-order valence-electron chi connectivity index (χ0n) is 24.0. The number of aliphatic hydroxyl groups excluding tert-OH is 1. The Labute approximate surface area is 239 Å². The third-order valence-electron chi connectivity index (χ3n) is 7.74. The molecule has 0 spiro atoms. The van der Waals surface area contributed by atoms with Crippen LogP contribution in [0.2, 0.25) is 0 Å². The molecule has 1 aliphatic carbocycles. The highest BCUT2D eigenvalue weighted by atomic mass is 19.3. The van der Waals surface area contributed by atoms with E-state index in [1.807, 2.05) is 20.8 Å². The van der Waals surface area contributed by atoms with Gasteiger partial charge in [0.2, 0.25) is 5.95 Å². The fraction of sp³-hybridized carbons (Fsp3) is 0.567. The number of anilines is 1. The topological polar surface area (TPSA) is 95.8 Å². The van der Waals surface area contributed by atoms with Gasteiger partial charge in [0.05, 0.1) is 12.6 Å². The van der Waals surface area contributed by atoms with Crippen molar-refractivity contribution in [1.82, 2.24) is 24.3 Å². The van der Waals surface area contributed by atoms with Gasteiger partial charge >= 0.3 is 6.09 Å². The van der Waals surface area contributed by atoms with Crippen molar-refractivity contribution in [2.75, 3.05) is 38.0 Å². The van der Waals surface area contributed by atoms with E-state index in [4.69, 9.17) is 4.74 Å². The second-order valence-electron chi connectivity index (χ2n) is 12.1. The number of nitrogens with one attached hydrogen (secondary N) is 1. The van der Waals surface area contributed by atoms with E-state index in [-0.39, 0.29) is 24.2 Å². The van der Waals surface area contributed by atoms with Crippen molar-refractivity contribution >= 4 is 23.1 Å². The molecule has 1 saturated carbocycles. The Hall–Kier alpha value is -3.31. The van der Waals surface area contributed by atoms with Gasteiger partial charge < -0.3 is 24.6 Å². The Kier molecular flexibility index (Phi) is 8.74. The Morgan fingerprint density at radius 2 is 1.78 bits per heavy atom. The number of ether oxygens (including phenoxy) is 1. The molecule has 2 fully saturated rings. The van der Waals surface area contributed by atoms with E-state index in [1.54, 1.807) is 11.1 Å². The molecule has 2 aliphatic rings. The second-order valence-corrected chi connectivity index (χ2v) is 12.1. The van der Waals surface area contributed by atoms with Gasteiger partial charge in [-0.3, -0.25) is 4.90 Å². The number of carbonyl (C=O) groups is 1. The van der Waals surface area contributed by atoms with E-state index in [2.05, 4.69) is 55.2 Å². The first-order valence-corrected chi connectivity index (χ1v) is 14.4. The first-order valence-electron chi connectivity index (χ1n) is 14.4. The third-order valence-corrected chi connectivity index (χ3v) is 7.74. The molecule has 5 rings (SSSR count). The predicted octanol–water partition coefficient (Wildman–Crippen LogP) is 5.30. The number of piperazine rings is 1. The molecule has 2 aromatic heterocycles. The molecule has 11 heteroatoms. The van der Waals surface area contributed by atoms with Crippen molar-refractivity contribution < 1.29 is 23.4 Å². The summed E-state index contributed by atoms with van der Waals surface area (Å²) in [4.78, 5) is 25.4. The van der Waals surface area contributed by atoms with Crippen LogP contribution in [0.4, 0.5) is 19.5 Å². The number of carbonyl (C=O) groups excluding carboxylic acids is 1. The van der Waals surface area contributed by atoms with Crippen molar-refractivity contribution in [1.29, 1.82) is 0 Å². The number of amides is 1. The van der Waals surface area contributed by atoms with Crippen LogP contribution in [-0.4, -0.2) is 86.4 Å². The molecule has 0 atom stereocenters. The van der Waals surface area contributed by atoms with Gasteiger partial charge in [0.25, 0.3) is 6.43 Å². The van der Waals surface area contributed by atoms with Gasteiger partial charge in [0.15, 0.2) is 0 Å². The van der Waals surface area contributed by atoms with Crippen LogP contribution >= 0.6 is 0 Å². The molecule has 1 aromatic carbocycles. The smallest absolute Gasteiger partial charge is 0.410 e.